The van der Waals surface area contributed by atoms with Crippen LogP contribution in [0.5, 0.6) is 0 Å². The summed E-state index contributed by atoms with van der Waals surface area (Å²) in [6.07, 6.45) is 8.25. The monoisotopic (exact) mass is 495 g/mol. The number of carbonyl (C=O) groups is 1. The van der Waals surface area contributed by atoms with Gasteiger partial charge in [0, 0.05) is 24.0 Å². The van der Waals surface area contributed by atoms with Gasteiger partial charge in [-0.2, -0.15) is 9.61 Å². The minimum absolute atomic E-state index is 0.309. The van der Waals surface area contributed by atoms with Crippen LogP contribution in [0.4, 0.5) is 11.5 Å². The van der Waals surface area contributed by atoms with Gasteiger partial charge in [-0.3, -0.25) is 4.90 Å². The number of aromatic nitrogens is 3. The molecule has 0 atom stereocenters. The van der Waals surface area contributed by atoms with Gasteiger partial charge < -0.3 is 10.1 Å². The zero-order chi connectivity index (χ0) is 25.4. The molecular formula is C30H33N5O2. The number of aryl methyl sites for hydroxylation is 2. The van der Waals surface area contributed by atoms with Crippen molar-refractivity contribution in [3.05, 3.63) is 88.7 Å². The first kappa shape index (κ1) is 23.7. The molecule has 190 valence electrons. The molecule has 1 fully saturated rings. The van der Waals surface area contributed by atoms with Crippen LogP contribution in [0.2, 0.25) is 0 Å². The lowest BCUT2D eigenvalue weighted by atomic mass is 9.74. The molecular weight excluding hydrogens is 462 g/mol. The zero-order valence-electron chi connectivity index (χ0n) is 21.5. The Kier molecular flexibility index (Phi) is 6.16. The number of likely N-dealkylation sites (tertiary alicyclic amines) is 1. The summed E-state index contributed by atoms with van der Waals surface area (Å²) in [6, 6.07) is 17.2. The third-order valence-corrected chi connectivity index (χ3v) is 8.16. The molecule has 1 aliphatic heterocycles. The van der Waals surface area contributed by atoms with Crippen LogP contribution in [0, 0.1) is 6.92 Å². The molecule has 0 saturated carbocycles. The van der Waals surface area contributed by atoms with Gasteiger partial charge in [-0.1, -0.05) is 42.5 Å². The van der Waals surface area contributed by atoms with E-state index in [0.29, 0.717) is 23.2 Å². The first-order valence-corrected chi connectivity index (χ1v) is 13.2. The Balaban J connectivity index is 1.29. The maximum Gasteiger partial charge on any atom is 0.343 e. The van der Waals surface area contributed by atoms with Crippen LogP contribution >= 0.6 is 0 Å². The number of para-hydroxylation sites is 1. The van der Waals surface area contributed by atoms with Crippen molar-refractivity contribution in [3.63, 3.8) is 0 Å². The minimum atomic E-state index is -0.405. The fourth-order valence-corrected chi connectivity index (χ4v) is 6.07. The number of nitrogens with zero attached hydrogens (tertiary/aromatic N) is 4. The van der Waals surface area contributed by atoms with Gasteiger partial charge in [0.25, 0.3) is 0 Å². The minimum Gasteiger partial charge on any atom is -0.462 e. The predicted octanol–water partition coefficient (Wildman–Crippen LogP) is 5.44. The number of anilines is 2. The van der Waals surface area contributed by atoms with Crippen molar-refractivity contribution in [1.29, 1.82) is 0 Å². The number of piperidine rings is 1. The molecule has 7 nitrogen and oxygen atoms in total. The van der Waals surface area contributed by atoms with E-state index in [-0.39, 0.29) is 0 Å². The van der Waals surface area contributed by atoms with E-state index in [1.807, 2.05) is 18.3 Å². The highest BCUT2D eigenvalue weighted by molar-refractivity contribution is 5.96. The number of hydrogen-bond acceptors (Lipinski definition) is 6. The summed E-state index contributed by atoms with van der Waals surface area (Å²) in [5.41, 5.74) is 7.50. The molecule has 0 amide bonds. The second kappa shape index (κ2) is 9.63. The highest BCUT2D eigenvalue weighted by Crippen LogP contribution is 2.46. The van der Waals surface area contributed by atoms with Gasteiger partial charge >= 0.3 is 5.97 Å². The lowest BCUT2D eigenvalue weighted by molar-refractivity contribution is 0.0528. The van der Waals surface area contributed by atoms with Crippen molar-refractivity contribution >= 4 is 23.1 Å². The van der Waals surface area contributed by atoms with Crippen molar-refractivity contribution in [1.82, 2.24) is 19.5 Å². The van der Waals surface area contributed by atoms with Crippen LogP contribution < -0.4 is 5.32 Å². The molecule has 3 heterocycles. The third-order valence-electron chi connectivity index (χ3n) is 8.16. The van der Waals surface area contributed by atoms with Crippen LogP contribution in [-0.2, 0) is 23.1 Å². The van der Waals surface area contributed by atoms with E-state index in [1.165, 1.54) is 31.2 Å². The average molecular weight is 496 g/mol. The van der Waals surface area contributed by atoms with Gasteiger partial charge in [-0.05, 0) is 80.8 Å². The maximum atomic E-state index is 12.5. The highest BCUT2D eigenvalue weighted by Gasteiger charge is 2.40. The van der Waals surface area contributed by atoms with Gasteiger partial charge in [-0.25, -0.2) is 9.78 Å². The molecule has 0 bridgehead atoms. The molecule has 2 aromatic heterocycles. The SMILES string of the molecule is CCOC(=O)c1cnn2c(Nc3ccccc3C)c(CN3CCC4(CCc5ccccc54)CC3)cnc12. The average Bonchev–Trinajstić information content (AvgIpc) is 3.51. The summed E-state index contributed by atoms with van der Waals surface area (Å²) < 4.78 is 6.98. The Hall–Kier alpha value is -3.71. The summed E-state index contributed by atoms with van der Waals surface area (Å²) in [4.78, 5) is 19.7. The normalized spacial score (nSPS) is 16.7. The molecule has 1 aliphatic carbocycles. The number of fused-ring (bicyclic) bond motifs is 3. The molecule has 0 radical (unpaired) electrons. The standard InChI is InChI=1S/C30H33N5O2/c1-3-37-29(36)24-19-32-35-27(33-26-11-7-4-8-21(26)2)23(18-31-28(24)35)20-34-16-14-30(15-17-34)13-12-22-9-5-6-10-25(22)30/h4-11,18-19,33H,3,12-17,20H2,1-2H3. The molecule has 2 aromatic carbocycles. The lowest BCUT2D eigenvalue weighted by Gasteiger charge is -2.40. The van der Waals surface area contributed by atoms with Gasteiger partial charge in [0.05, 0.1) is 12.8 Å². The van der Waals surface area contributed by atoms with Gasteiger partial charge in [-0.15, -0.1) is 0 Å². The van der Waals surface area contributed by atoms with Gasteiger partial charge in [0.2, 0.25) is 0 Å². The Morgan fingerprint density at radius 2 is 1.84 bits per heavy atom. The summed E-state index contributed by atoms with van der Waals surface area (Å²) in [5.74, 6) is 0.430. The molecule has 0 unspecified atom stereocenters. The Morgan fingerprint density at radius 1 is 1.05 bits per heavy atom. The number of carbonyl (C=O) groups excluding carboxylic acids is 1. The molecule has 1 spiro atoms. The van der Waals surface area contributed by atoms with E-state index in [2.05, 4.69) is 63.6 Å². The van der Waals surface area contributed by atoms with Crippen molar-refractivity contribution in [2.45, 2.75) is 51.5 Å². The number of rotatable bonds is 6. The first-order valence-electron chi connectivity index (χ1n) is 13.2. The second-order valence-corrected chi connectivity index (χ2v) is 10.3. The van der Waals surface area contributed by atoms with E-state index in [9.17, 15) is 4.79 Å². The van der Waals surface area contributed by atoms with E-state index in [0.717, 1.165) is 42.3 Å². The number of esters is 1. The van der Waals surface area contributed by atoms with E-state index >= 15 is 0 Å². The molecule has 4 aromatic rings. The van der Waals surface area contributed by atoms with Crippen molar-refractivity contribution in [3.8, 4) is 0 Å². The van der Waals surface area contributed by atoms with Crippen LogP contribution in [0.25, 0.3) is 5.65 Å². The first-order chi connectivity index (χ1) is 18.1. The van der Waals surface area contributed by atoms with Crippen LogP contribution in [-0.4, -0.2) is 45.2 Å². The summed E-state index contributed by atoms with van der Waals surface area (Å²) in [6.45, 7) is 7.05. The molecule has 1 N–H and O–H groups in total. The van der Waals surface area contributed by atoms with Crippen molar-refractivity contribution < 1.29 is 9.53 Å². The summed E-state index contributed by atoms with van der Waals surface area (Å²) in [5, 5.41) is 8.16. The molecule has 1 saturated heterocycles. The fourth-order valence-electron chi connectivity index (χ4n) is 6.07. The lowest BCUT2D eigenvalue weighted by Crippen LogP contribution is -2.41. The predicted molar refractivity (Wildman–Crippen MR) is 144 cm³/mol. The second-order valence-electron chi connectivity index (χ2n) is 10.3. The fraction of sp³-hybridized carbons (Fsp3) is 0.367. The zero-order valence-corrected chi connectivity index (χ0v) is 21.5. The Labute approximate surface area is 217 Å². The van der Waals surface area contributed by atoms with E-state index < -0.39 is 5.97 Å². The number of benzene rings is 2. The summed E-state index contributed by atoms with van der Waals surface area (Å²) in [7, 11) is 0. The van der Waals surface area contributed by atoms with Crippen LogP contribution in [0.1, 0.15) is 58.8 Å². The van der Waals surface area contributed by atoms with Crippen LogP contribution in [0.15, 0.2) is 60.9 Å². The smallest absolute Gasteiger partial charge is 0.343 e. The number of hydrogen-bond donors (Lipinski definition) is 1. The maximum absolute atomic E-state index is 12.5. The molecule has 7 heteroatoms. The number of ether oxygens (including phenoxy) is 1. The summed E-state index contributed by atoms with van der Waals surface area (Å²) >= 11 is 0. The Morgan fingerprint density at radius 3 is 2.65 bits per heavy atom. The molecule has 2 aliphatic rings. The number of nitrogens with one attached hydrogen (secondary N) is 1. The molecule has 37 heavy (non-hydrogen) atoms. The van der Waals surface area contributed by atoms with Gasteiger partial charge in [0.15, 0.2) is 5.65 Å². The highest BCUT2D eigenvalue weighted by atomic mass is 16.5. The van der Waals surface area contributed by atoms with Crippen LogP contribution in [0.3, 0.4) is 0 Å². The topological polar surface area (TPSA) is 71.8 Å². The molecule has 6 rings (SSSR count). The van der Waals surface area contributed by atoms with Gasteiger partial charge in [0.1, 0.15) is 11.4 Å². The largest absolute Gasteiger partial charge is 0.462 e. The van der Waals surface area contributed by atoms with E-state index in [4.69, 9.17) is 4.74 Å². The Bertz CT molecular complexity index is 1450. The van der Waals surface area contributed by atoms with E-state index in [1.54, 1.807) is 23.2 Å². The van der Waals surface area contributed by atoms with Crippen molar-refractivity contribution in [2.75, 3.05) is 25.0 Å². The quantitative estimate of drug-likeness (QED) is 0.359. The van der Waals surface area contributed by atoms with Crippen molar-refractivity contribution in [2.24, 2.45) is 0 Å². The third kappa shape index (κ3) is 4.27.